The Morgan fingerprint density at radius 1 is 0.872 bits per heavy atom. The second-order valence-electron chi connectivity index (χ2n) is 12.7. The normalized spacial score (nSPS) is 12.3. The number of allylic oxidation sites excluding steroid dienone is 2. The van der Waals surface area contributed by atoms with Gasteiger partial charge in [-0.15, -0.1) is 23.8 Å². The monoisotopic (exact) mass is 804 g/mol. The standard InChI is InChI=1S/C29H23N2.C13H24O2.Ir/c1-19(2)16-20-14-15-22-18-30-28-24-12-6-8-21-9-7-13-26(27(21)24)31(29(28)25(22)17-20)23-10-4-3-5-11-23;1-5-10(6-2)12(14)9-13(15)11(7-3)8-4;/h3-11,13-15,17-19H,16H2,1-2H3;9-11,14H,5-8H2,1-4H3;/q-1;;/b;12-9-;. The summed E-state index contributed by atoms with van der Waals surface area (Å²) in [6.07, 6.45) is 7.98. The van der Waals surface area contributed by atoms with Gasteiger partial charge in [0.2, 0.25) is 0 Å². The molecular formula is C42H47IrN2O2-. The van der Waals surface area contributed by atoms with Gasteiger partial charge in [0.15, 0.2) is 5.78 Å². The smallest absolute Gasteiger partial charge is 0.162 e. The van der Waals surface area contributed by atoms with E-state index in [9.17, 15) is 9.90 Å². The number of nitrogens with zero attached hydrogens (tertiary/aromatic N) is 2. The average Bonchev–Trinajstić information content (AvgIpc) is 3.06. The van der Waals surface area contributed by atoms with Gasteiger partial charge >= 0.3 is 0 Å². The summed E-state index contributed by atoms with van der Waals surface area (Å²) in [7, 11) is 0. The molecule has 5 aromatic rings. The van der Waals surface area contributed by atoms with Crippen molar-refractivity contribution in [1.29, 1.82) is 0 Å². The zero-order valence-corrected chi connectivity index (χ0v) is 30.9. The minimum absolute atomic E-state index is 0. The molecule has 0 saturated heterocycles. The van der Waals surface area contributed by atoms with E-state index in [1.54, 1.807) is 0 Å². The van der Waals surface area contributed by atoms with Crippen molar-refractivity contribution in [2.24, 2.45) is 17.8 Å². The molecule has 1 aliphatic heterocycles. The van der Waals surface area contributed by atoms with Crippen molar-refractivity contribution in [3.63, 3.8) is 0 Å². The molecule has 247 valence electrons. The molecule has 0 saturated carbocycles. The summed E-state index contributed by atoms with van der Waals surface area (Å²) in [4.78, 5) is 19.1. The summed E-state index contributed by atoms with van der Waals surface area (Å²) in [5, 5.41) is 14.6. The van der Waals surface area contributed by atoms with Crippen molar-refractivity contribution >= 4 is 44.4 Å². The van der Waals surface area contributed by atoms with Crippen molar-refractivity contribution in [2.45, 2.75) is 73.6 Å². The van der Waals surface area contributed by atoms with E-state index in [1.165, 1.54) is 38.9 Å². The van der Waals surface area contributed by atoms with Crippen molar-refractivity contribution in [3.05, 3.63) is 109 Å². The quantitative estimate of drug-likeness (QED) is 0.0851. The number of para-hydroxylation sites is 1. The van der Waals surface area contributed by atoms with E-state index in [2.05, 4.69) is 97.6 Å². The summed E-state index contributed by atoms with van der Waals surface area (Å²) in [5.41, 5.74) is 6.94. The number of hydrogen-bond acceptors (Lipinski definition) is 4. The van der Waals surface area contributed by atoms with Gasteiger partial charge in [-0.05, 0) is 67.9 Å². The number of aromatic nitrogens is 1. The van der Waals surface area contributed by atoms with E-state index in [4.69, 9.17) is 4.98 Å². The van der Waals surface area contributed by atoms with Crippen LogP contribution in [0.4, 0.5) is 17.1 Å². The van der Waals surface area contributed by atoms with Crippen LogP contribution < -0.4 is 4.90 Å². The summed E-state index contributed by atoms with van der Waals surface area (Å²) >= 11 is 0. The van der Waals surface area contributed by atoms with Crippen LogP contribution in [0.15, 0.2) is 96.9 Å². The van der Waals surface area contributed by atoms with Crippen molar-refractivity contribution in [1.82, 2.24) is 4.98 Å². The Morgan fingerprint density at radius 3 is 2.23 bits per heavy atom. The largest absolute Gasteiger partial charge is 0.512 e. The first-order valence-electron chi connectivity index (χ1n) is 17.0. The number of rotatable bonds is 10. The van der Waals surface area contributed by atoms with Crippen LogP contribution in [0, 0.1) is 23.8 Å². The number of fused-ring (bicyclic) bond motifs is 4. The molecule has 4 nitrogen and oxygen atoms in total. The Balaban J connectivity index is 0.000000269. The van der Waals surface area contributed by atoms with E-state index in [1.807, 2.05) is 40.0 Å². The second kappa shape index (κ2) is 16.4. The molecule has 1 radical (unpaired) electrons. The topological polar surface area (TPSA) is 53.4 Å². The number of aliphatic hydroxyl groups is 1. The van der Waals surface area contributed by atoms with Crippen LogP contribution in [-0.2, 0) is 31.3 Å². The van der Waals surface area contributed by atoms with E-state index in [-0.39, 0.29) is 43.5 Å². The fourth-order valence-electron chi connectivity index (χ4n) is 6.63. The van der Waals surface area contributed by atoms with Gasteiger partial charge in [0, 0.05) is 77.7 Å². The number of aliphatic hydroxyl groups excluding tert-OH is 1. The van der Waals surface area contributed by atoms with Crippen molar-refractivity contribution < 1.29 is 30.0 Å². The Kier molecular flexibility index (Phi) is 12.5. The van der Waals surface area contributed by atoms with Gasteiger partial charge < -0.3 is 15.0 Å². The molecule has 0 bridgehead atoms. The number of anilines is 3. The molecule has 0 fully saturated rings. The molecule has 1 aliphatic rings. The molecule has 47 heavy (non-hydrogen) atoms. The molecule has 5 heteroatoms. The average molecular weight is 804 g/mol. The van der Waals surface area contributed by atoms with Gasteiger partial charge in [-0.1, -0.05) is 94.8 Å². The summed E-state index contributed by atoms with van der Waals surface area (Å²) < 4.78 is 0. The zero-order chi connectivity index (χ0) is 32.8. The maximum Gasteiger partial charge on any atom is 0.162 e. The van der Waals surface area contributed by atoms with E-state index >= 15 is 0 Å². The number of benzene rings is 4. The molecule has 1 aromatic heterocycles. The summed E-state index contributed by atoms with van der Waals surface area (Å²) in [6.45, 7) is 12.6. The van der Waals surface area contributed by atoms with Gasteiger partial charge in [-0.2, -0.15) is 0 Å². The molecule has 0 aliphatic carbocycles. The SMILES string of the molecule is CC(C)Cc1ccc2cnc3c(c2c1)N(c1ccccc1)c1cccc2cc[c-]c-3c12.CCC(CC)C(=O)/C=C(\O)C(CC)CC.[Ir]. The first-order chi connectivity index (χ1) is 22.3. The molecule has 0 atom stereocenters. The number of ketones is 1. The van der Waals surface area contributed by atoms with Crippen LogP contribution in [0.3, 0.4) is 0 Å². The van der Waals surface area contributed by atoms with Crippen LogP contribution in [0.25, 0.3) is 32.8 Å². The van der Waals surface area contributed by atoms with Gasteiger partial charge in [-0.25, -0.2) is 0 Å². The minimum Gasteiger partial charge on any atom is -0.512 e. The molecule has 4 aromatic carbocycles. The zero-order valence-electron chi connectivity index (χ0n) is 28.5. The van der Waals surface area contributed by atoms with Crippen LogP contribution in [0.2, 0.25) is 0 Å². The van der Waals surface area contributed by atoms with Crippen LogP contribution in [-0.4, -0.2) is 15.9 Å². The number of pyridine rings is 1. The third kappa shape index (κ3) is 7.69. The minimum atomic E-state index is 0. The number of hydrogen-bond donors (Lipinski definition) is 1. The van der Waals surface area contributed by atoms with Crippen molar-refractivity contribution in [3.8, 4) is 11.3 Å². The first kappa shape index (κ1) is 36.1. The number of carbonyl (C=O) groups is 1. The van der Waals surface area contributed by atoms with Crippen LogP contribution in [0.5, 0.6) is 0 Å². The van der Waals surface area contributed by atoms with Gasteiger partial charge in [0.1, 0.15) is 0 Å². The predicted molar refractivity (Wildman–Crippen MR) is 194 cm³/mol. The van der Waals surface area contributed by atoms with E-state index in [0.29, 0.717) is 5.92 Å². The fourth-order valence-corrected chi connectivity index (χ4v) is 6.63. The third-order valence-electron chi connectivity index (χ3n) is 9.19. The number of carbonyl (C=O) groups excluding carboxylic acids is 1. The van der Waals surface area contributed by atoms with E-state index in [0.717, 1.165) is 54.7 Å². The van der Waals surface area contributed by atoms with E-state index < -0.39 is 0 Å². The molecule has 6 rings (SSSR count). The molecular weight excluding hydrogens is 757 g/mol. The summed E-state index contributed by atoms with van der Waals surface area (Å²) in [5.74, 6) is 1.16. The Bertz CT molecular complexity index is 1830. The molecule has 0 unspecified atom stereocenters. The third-order valence-corrected chi connectivity index (χ3v) is 9.19. The maximum absolute atomic E-state index is 11.7. The van der Waals surface area contributed by atoms with Crippen molar-refractivity contribution in [2.75, 3.05) is 4.90 Å². The van der Waals surface area contributed by atoms with Gasteiger partial charge in [0.25, 0.3) is 0 Å². The van der Waals surface area contributed by atoms with Gasteiger partial charge in [0.05, 0.1) is 5.76 Å². The fraction of sp³-hybridized carbons (Fsp3) is 0.333. The Labute approximate surface area is 294 Å². The predicted octanol–water partition coefficient (Wildman–Crippen LogP) is 11.7. The second-order valence-corrected chi connectivity index (χ2v) is 12.7. The maximum atomic E-state index is 11.7. The molecule has 0 spiro atoms. The molecule has 1 N–H and O–H groups in total. The summed E-state index contributed by atoms with van der Waals surface area (Å²) in [6, 6.07) is 31.6. The molecule has 2 heterocycles. The first-order valence-corrected chi connectivity index (χ1v) is 17.0. The van der Waals surface area contributed by atoms with Gasteiger partial charge in [-0.3, -0.25) is 4.79 Å². The Hall–Kier alpha value is -3.79. The van der Waals surface area contributed by atoms with Crippen LogP contribution in [0.1, 0.15) is 72.8 Å². The van der Waals surface area contributed by atoms with Crippen LogP contribution >= 0.6 is 0 Å². The Morgan fingerprint density at radius 2 is 1.57 bits per heavy atom. The molecule has 0 amide bonds.